The number of carbonyl (C=O) groups is 3. The Kier molecular flexibility index (Phi) is 7.06. The Balaban J connectivity index is 2.89. The number of hydrogen-bond donors (Lipinski definition) is 0. The van der Waals surface area contributed by atoms with Crippen LogP contribution < -0.4 is 0 Å². The number of amides is 2. The van der Waals surface area contributed by atoms with Gasteiger partial charge in [-0.2, -0.15) is 10.0 Å². The van der Waals surface area contributed by atoms with Crippen LogP contribution in [-0.4, -0.2) is 59.3 Å². The molecule has 0 radical (unpaired) electrons. The van der Waals surface area contributed by atoms with Crippen molar-refractivity contribution in [3.63, 3.8) is 0 Å². The van der Waals surface area contributed by atoms with Gasteiger partial charge < -0.3 is 14.2 Å². The lowest BCUT2D eigenvalue weighted by molar-refractivity contribution is -0.384. The van der Waals surface area contributed by atoms with Gasteiger partial charge in [0.2, 0.25) is 0 Å². The standard InChI is InChI=1S/C20H26N4O8/c1-7-31-17(26)22-15(19(3,4)5)21-20(16(25)30-6,23(22)18(27)32-8-2)13-9-11-14(12-10-13)24(28)29/h9-12H,7-8H2,1-6H3. The molecule has 0 saturated carbocycles. The van der Waals surface area contributed by atoms with Crippen molar-refractivity contribution in [2.75, 3.05) is 20.3 Å². The zero-order chi connectivity index (χ0) is 24.3. The fourth-order valence-electron chi connectivity index (χ4n) is 3.12. The van der Waals surface area contributed by atoms with Crippen LogP contribution in [0.3, 0.4) is 0 Å². The first-order valence-electron chi connectivity index (χ1n) is 9.83. The summed E-state index contributed by atoms with van der Waals surface area (Å²) in [6, 6.07) is 4.84. The number of hydrogen-bond acceptors (Lipinski definition) is 9. The molecule has 2 amide bonds. The van der Waals surface area contributed by atoms with Crippen molar-refractivity contribution in [2.24, 2.45) is 10.4 Å². The lowest BCUT2D eigenvalue weighted by Gasteiger charge is -2.37. The molecule has 0 fully saturated rings. The normalized spacial score (nSPS) is 18.1. The summed E-state index contributed by atoms with van der Waals surface area (Å²) in [6.07, 6.45) is -2.02. The number of esters is 1. The molecule has 0 aromatic heterocycles. The summed E-state index contributed by atoms with van der Waals surface area (Å²) in [6.45, 7) is 8.25. The van der Waals surface area contributed by atoms with Gasteiger partial charge in [0, 0.05) is 23.1 Å². The fraction of sp³-hybridized carbons (Fsp3) is 0.500. The first-order valence-corrected chi connectivity index (χ1v) is 9.83. The average molecular weight is 450 g/mol. The molecule has 1 aromatic rings. The molecule has 32 heavy (non-hydrogen) atoms. The van der Waals surface area contributed by atoms with Crippen molar-refractivity contribution in [2.45, 2.75) is 40.3 Å². The summed E-state index contributed by atoms with van der Waals surface area (Å²) in [4.78, 5) is 54.2. The highest BCUT2D eigenvalue weighted by molar-refractivity contribution is 6.05. The van der Waals surface area contributed by atoms with Crippen molar-refractivity contribution in [3.8, 4) is 0 Å². The van der Waals surface area contributed by atoms with E-state index >= 15 is 0 Å². The Bertz CT molecular complexity index is 938. The molecule has 174 valence electrons. The van der Waals surface area contributed by atoms with Crippen LogP contribution in [0.15, 0.2) is 29.3 Å². The molecule has 0 aliphatic carbocycles. The number of rotatable bonds is 5. The maximum atomic E-state index is 13.2. The highest BCUT2D eigenvalue weighted by Gasteiger charge is 2.62. The number of nitro groups is 1. The summed E-state index contributed by atoms with van der Waals surface area (Å²) >= 11 is 0. The van der Waals surface area contributed by atoms with E-state index in [0.717, 1.165) is 29.3 Å². The first-order chi connectivity index (χ1) is 14.9. The molecule has 1 aromatic carbocycles. The summed E-state index contributed by atoms with van der Waals surface area (Å²) in [5.41, 5.74) is -3.24. The summed E-state index contributed by atoms with van der Waals surface area (Å²) < 4.78 is 15.2. The third kappa shape index (κ3) is 4.20. The van der Waals surface area contributed by atoms with Crippen molar-refractivity contribution >= 4 is 29.7 Å². The summed E-state index contributed by atoms with van der Waals surface area (Å²) in [7, 11) is 1.10. The van der Waals surface area contributed by atoms with Crippen molar-refractivity contribution < 1.29 is 33.5 Å². The Hall–Kier alpha value is -3.70. The average Bonchev–Trinajstić information content (AvgIpc) is 3.11. The third-order valence-corrected chi connectivity index (χ3v) is 4.48. The van der Waals surface area contributed by atoms with Crippen LogP contribution in [0.25, 0.3) is 0 Å². The highest BCUT2D eigenvalue weighted by Crippen LogP contribution is 2.43. The van der Waals surface area contributed by atoms with E-state index in [1.165, 1.54) is 12.1 Å². The van der Waals surface area contributed by atoms with Gasteiger partial charge in [-0.05, 0) is 26.0 Å². The second-order valence-corrected chi connectivity index (χ2v) is 7.67. The minimum absolute atomic E-state index is 0.00776. The van der Waals surface area contributed by atoms with Crippen LogP contribution in [0.4, 0.5) is 15.3 Å². The maximum absolute atomic E-state index is 13.2. The van der Waals surface area contributed by atoms with Gasteiger partial charge >= 0.3 is 18.2 Å². The molecular formula is C20H26N4O8. The molecule has 0 N–H and O–H groups in total. The molecule has 0 bridgehead atoms. The SMILES string of the molecule is CCOC(=O)N1C(C(C)(C)C)=NC(C(=O)OC)(c2ccc([N+](=O)[O-])cc2)N1C(=O)OCC. The largest absolute Gasteiger partial charge is 0.465 e. The number of nitro benzene ring substituents is 1. The van der Waals surface area contributed by atoms with Crippen LogP contribution in [0.5, 0.6) is 0 Å². The molecule has 0 saturated heterocycles. The van der Waals surface area contributed by atoms with Crippen molar-refractivity contribution in [1.82, 2.24) is 10.0 Å². The number of hydrazine groups is 1. The molecular weight excluding hydrogens is 424 g/mol. The van der Waals surface area contributed by atoms with Crippen LogP contribution in [0.2, 0.25) is 0 Å². The Morgan fingerprint density at radius 1 is 1.06 bits per heavy atom. The number of aliphatic imine (C=N–C) groups is 1. The molecule has 1 unspecified atom stereocenters. The summed E-state index contributed by atoms with van der Waals surface area (Å²) in [5, 5.41) is 12.7. The van der Waals surface area contributed by atoms with E-state index in [2.05, 4.69) is 4.99 Å². The van der Waals surface area contributed by atoms with Gasteiger partial charge in [0.15, 0.2) is 0 Å². The zero-order valence-electron chi connectivity index (χ0n) is 18.8. The molecule has 12 heteroatoms. The molecule has 2 rings (SSSR count). The third-order valence-electron chi connectivity index (χ3n) is 4.48. The van der Waals surface area contributed by atoms with Crippen molar-refractivity contribution in [1.29, 1.82) is 0 Å². The van der Waals surface area contributed by atoms with Gasteiger partial charge in [-0.25, -0.2) is 19.4 Å². The highest BCUT2D eigenvalue weighted by atomic mass is 16.6. The molecule has 1 atom stereocenters. The number of methoxy groups -OCH3 is 1. The van der Waals surface area contributed by atoms with E-state index < -0.39 is 34.2 Å². The predicted octanol–water partition coefficient (Wildman–Crippen LogP) is 3.21. The predicted molar refractivity (Wildman–Crippen MR) is 111 cm³/mol. The van der Waals surface area contributed by atoms with E-state index in [4.69, 9.17) is 14.2 Å². The molecule has 1 aliphatic rings. The quantitative estimate of drug-likeness (QED) is 0.288. The Morgan fingerprint density at radius 2 is 1.59 bits per heavy atom. The van der Waals surface area contributed by atoms with E-state index in [1.807, 2.05) is 0 Å². The fourth-order valence-corrected chi connectivity index (χ4v) is 3.12. The summed E-state index contributed by atoms with van der Waals surface area (Å²) in [5.74, 6) is -0.972. The van der Waals surface area contributed by atoms with E-state index in [-0.39, 0.29) is 30.3 Å². The van der Waals surface area contributed by atoms with Crippen LogP contribution in [0.1, 0.15) is 40.2 Å². The Labute approximate surface area is 184 Å². The van der Waals surface area contributed by atoms with Crippen molar-refractivity contribution in [3.05, 3.63) is 39.9 Å². The van der Waals surface area contributed by atoms with E-state index in [1.54, 1.807) is 34.6 Å². The van der Waals surface area contributed by atoms with Crippen LogP contribution >= 0.6 is 0 Å². The number of ether oxygens (including phenoxy) is 3. The van der Waals surface area contributed by atoms with Gasteiger partial charge in [0.25, 0.3) is 11.4 Å². The van der Waals surface area contributed by atoms with Gasteiger partial charge in [0.05, 0.1) is 25.2 Å². The number of carbonyl (C=O) groups excluding carboxylic acids is 3. The maximum Gasteiger partial charge on any atom is 0.435 e. The van der Waals surface area contributed by atoms with Crippen LogP contribution in [-0.2, 0) is 24.7 Å². The molecule has 1 aliphatic heterocycles. The van der Waals surface area contributed by atoms with E-state index in [9.17, 15) is 24.5 Å². The second kappa shape index (κ2) is 9.20. The first kappa shape index (κ1) is 24.6. The lowest BCUT2D eigenvalue weighted by Crippen LogP contribution is -2.60. The molecule has 0 spiro atoms. The Morgan fingerprint density at radius 3 is 2.03 bits per heavy atom. The smallest absolute Gasteiger partial charge is 0.435 e. The second-order valence-electron chi connectivity index (χ2n) is 7.67. The number of nitrogens with zero attached hydrogens (tertiary/aromatic N) is 4. The van der Waals surface area contributed by atoms with Crippen LogP contribution in [0, 0.1) is 15.5 Å². The lowest BCUT2D eigenvalue weighted by atomic mass is 9.94. The topological polar surface area (TPSA) is 141 Å². The molecule has 1 heterocycles. The van der Waals surface area contributed by atoms with Gasteiger partial charge in [0.1, 0.15) is 5.84 Å². The minimum atomic E-state index is -2.22. The van der Waals surface area contributed by atoms with Gasteiger partial charge in [-0.1, -0.05) is 20.8 Å². The zero-order valence-corrected chi connectivity index (χ0v) is 18.8. The number of amidine groups is 1. The minimum Gasteiger partial charge on any atom is -0.465 e. The number of benzene rings is 1. The van der Waals surface area contributed by atoms with E-state index in [0.29, 0.717) is 0 Å². The van der Waals surface area contributed by atoms with Gasteiger partial charge in [-0.15, -0.1) is 0 Å². The monoisotopic (exact) mass is 450 g/mol. The molecule has 12 nitrogen and oxygen atoms in total. The number of non-ortho nitro benzene ring substituents is 1. The van der Waals surface area contributed by atoms with Gasteiger partial charge in [-0.3, -0.25) is 10.1 Å².